The van der Waals surface area contributed by atoms with Gasteiger partial charge in [-0.25, -0.2) is 0 Å². The summed E-state index contributed by atoms with van der Waals surface area (Å²) >= 11 is 0. The third kappa shape index (κ3) is 3.47. The van der Waals surface area contributed by atoms with Gasteiger partial charge in [-0.3, -0.25) is 4.90 Å². The van der Waals surface area contributed by atoms with Crippen molar-refractivity contribution < 1.29 is 0 Å². The minimum atomic E-state index is 0.622. The van der Waals surface area contributed by atoms with E-state index in [1.807, 2.05) is 0 Å². The zero-order chi connectivity index (χ0) is 13.8. The van der Waals surface area contributed by atoms with Gasteiger partial charge in [0.25, 0.3) is 0 Å². The molecule has 2 aromatic rings. The van der Waals surface area contributed by atoms with E-state index in [1.165, 1.54) is 29.5 Å². The first kappa shape index (κ1) is 13.3. The van der Waals surface area contributed by atoms with E-state index < -0.39 is 0 Å². The van der Waals surface area contributed by atoms with Crippen molar-refractivity contribution in [3.05, 3.63) is 71.3 Å². The Balaban J connectivity index is 1.67. The van der Waals surface area contributed by atoms with Crippen molar-refractivity contribution in [3.63, 3.8) is 0 Å². The van der Waals surface area contributed by atoms with Crippen molar-refractivity contribution in [2.45, 2.75) is 38.5 Å². The lowest BCUT2D eigenvalue weighted by Gasteiger charge is -2.22. The average molecular weight is 266 g/mol. The molecule has 0 bridgehead atoms. The van der Waals surface area contributed by atoms with Crippen LogP contribution in [0.25, 0.3) is 0 Å². The quantitative estimate of drug-likeness (QED) is 0.869. The zero-order valence-electron chi connectivity index (χ0n) is 11.8. The molecule has 2 heteroatoms. The number of hydrogen-bond donors (Lipinski definition) is 1. The Hall–Kier alpha value is -1.64. The molecule has 1 aliphatic rings. The predicted octanol–water partition coefficient (Wildman–Crippen LogP) is 3.31. The molecule has 0 atom stereocenters. The van der Waals surface area contributed by atoms with Gasteiger partial charge in [0.15, 0.2) is 0 Å². The number of hydrogen-bond acceptors (Lipinski definition) is 2. The van der Waals surface area contributed by atoms with Crippen molar-refractivity contribution in [1.82, 2.24) is 4.90 Å². The fraction of sp³-hybridized carbons (Fsp3) is 0.333. The predicted molar refractivity (Wildman–Crippen MR) is 83.0 cm³/mol. The summed E-state index contributed by atoms with van der Waals surface area (Å²) < 4.78 is 0. The maximum atomic E-state index is 5.65. The standard InChI is InChI=1S/C18H22N2/c19-12-15-6-8-17(9-7-15)14-20(18-10-11-18)13-16-4-2-1-3-5-16/h1-9,18H,10-14,19H2. The maximum Gasteiger partial charge on any atom is 0.0240 e. The molecule has 0 heterocycles. The van der Waals surface area contributed by atoms with Gasteiger partial charge in [-0.1, -0.05) is 54.6 Å². The summed E-state index contributed by atoms with van der Waals surface area (Å²) in [6.45, 7) is 2.70. The Bertz CT molecular complexity index is 529. The fourth-order valence-electron chi connectivity index (χ4n) is 2.59. The van der Waals surface area contributed by atoms with Gasteiger partial charge in [0.2, 0.25) is 0 Å². The van der Waals surface area contributed by atoms with Crippen molar-refractivity contribution >= 4 is 0 Å². The van der Waals surface area contributed by atoms with E-state index in [0.29, 0.717) is 6.54 Å². The molecule has 20 heavy (non-hydrogen) atoms. The zero-order valence-corrected chi connectivity index (χ0v) is 11.8. The fourth-order valence-corrected chi connectivity index (χ4v) is 2.59. The summed E-state index contributed by atoms with van der Waals surface area (Å²) in [4.78, 5) is 2.59. The maximum absolute atomic E-state index is 5.65. The SMILES string of the molecule is NCc1ccc(CN(Cc2ccccc2)C2CC2)cc1. The van der Waals surface area contributed by atoms with Gasteiger partial charge in [0.05, 0.1) is 0 Å². The highest BCUT2D eigenvalue weighted by Crippen LogP contribution is 2.29. The van der Waals surface area contributed by atoms with Crippen LogP contribution in [0.1, 0.15) is 29.5 Å². The molecule has 0 aliphatic heterocycles. The van der Waals surface area contributed by atoms with Crippen molar-refractivity contribution in [3.8, 4) is 0 Å². The molecule has 1 aliphatic carbocycles. The molecule has 0 spiro atoms. The summed E-state index contributed by atoms with van der Waals surface area (Å²) in [5.74, 6) is 0. The van der Waals surface area contributed by atoms with E-state index in [0.717, 1.165) is 19.1 Å². The molecule has 0 amide bonds. The molecule has 3 rings (SSSR count). The lowest BCUT2D eigenvalue weighted by atomic mass is 10.1. The average Bonchev–Trinajstić information content (AvgIpc) is 3.33. The van der Waals surface area contributed by atoms with Crippen molar-refractivity contribution in [2.24, 2.45) is 5.73 Å². The highest BCUT2D eigenvalue weighted by atomic mass is 15.2. The van der Waals surface area contributed by atoms with Crippen LogP contribution in [0.15, 0.2) is 54.6 Å². The lowest BCUT2D eigenvalue weighted by Crippen LogP contribution is -2.25. The smallest absolute Gasteiger partial charge is 0.0240 e. The normalized spacial score (nSPS) is 14.7. The summed E-state index contributed by atoms with van der Waals surface area (Å²) in [6.07, 6.45) is 2.68. The first-order valence-electron chi connectivity index (χ1n) is 7.41. The summed E-state index contributed by atoms with van der Waals surface area (Å²) in [7, 11) is 0. The Morgan fingerprint density at radius 1 is 0.800 bits per heavy atom. The second kappa shape index (κ2) is 6.21. The highest BCUT2D eigenvalue weighted by Gasteiger charge is 2.28. The largest absolute Gasteiger partial charge is 0.326 e. The van der Waals surface area contributed by atoms with E-state index in [1.54, 1.807) is 0 Å². The lowest BCUT2D eigenvalue weighted by molar-refractivity contribution is 0.246. The van der Waals surface area contributed by atoms with Gasteiger partial charge in [-0.05, 0) is 29.5 Å². The first-order chi connectivity index (χ1) is 9.85. The Kier molecular flexibility index (Phi) is 4.14. The van der Waals surface area contributed by atoms with Gasteiger partial charge < -0.3 is 5.73 Å². The number of rotatable bonds is 6. The summed E-state index contributed by atoms with van der Waals surface area (Å²) in [6, 6.07) is 20.2. The Morgan fingerprint density at radius 2 is 1.35 bits per heavy atom. The minimum Gasteiger partial charge on any atom is -0.326 e. The minimum absolute atomic E-state index is 0.622. The molecule has 104 valence electrons. The van der Waals surface area contributed by atoms with Gasteiger partial charge >= 0.3 is 0 Å². The van der Waals surface area contributed by atoms with Crippen LogP contribution in [-0.4, -0.2) is 10.9 Å². The number of benzene rings is 2. The summed E-state index contributed by atoms with van der Waals surface area (Å²) in [5, 5.41) is 0. The molecular weight excluding hydrogens is 244 g/mol. The molecule has 0 radical (unpaired) electrons. The van der Waals surface area contributed by atoms with Gasteiger partial charge in [0.1, 0.15) is 0 Å². The molecule has 1 saturated carbocycles. The molecule has 2 N–H and O–H groups in total. The van der Waals surface area contributed by atoms with Crippen molar-refractivity contribution in [1.29, 1.82) is 0 Å². The van der Waals surface area contributed by atoms with E-state index in [-0.39, 0.29) is 0 Å². The number of nitrogens with zero attached hydrogens (tertiary/aromatic N) is 1. The van der Waals surface area contributed by atoms with Crippen LogP contribution in [0.5, 0.6) is 0 Å². The van der Waals surface area contributed by atoms with Gasteiger partial charge in [-0.15, -0.1) is 0 Å². The topological polar surface area (TPSA) is 29.3 Å². The van der Waals surface area contributed by atoms with E-state index >= 15 is 0 Å². The van der Waals surface area contributed by atoms with Gasteiger partial charge in [-0.2, -0.15) is 0 Å². The molecule has 0 saturated heterocycles. The van der Waals surface area contributed by atoms with E-state index in [4.69, 9.17) is 5.73 Å². The molecule has 2 nitrogen and oxygen atoms in total. The first-order valence-corrected chi connectivity index (χ1v) is 7.41. The van der Waals surface area contributed by atoms with Crippen LogP contribution in [0.2, 0.25) is 0 Å². The molecule has 2 aromatic carbocycles. The van der Waals surface area contributed by atoms with Crippen LogP contribution in [0.3, 0.4) is 0 Å². The molecular formula is C18H22N2. The van der Waals surface area contributed by atoms with Crippen LogP contribution in [0.4, 0.5) is 0 Å². The second-order valence-electron chi connectivity index (χ2n) is 5.64. The number of nitrogens with two attached hydrogens (primary N) is 1. The van der Waals surface area contributed by atoms with Crippen LogP contribution >= 0.6 is 0 Å². The van der Waals surface area contributed by atoms with Gasteiger partial charge in [0, 0.05) is 25.7 Å². The molecule has 0 aromatic heterocycles. The van der Waals surface area contributed by atoms with E-state index in [9.17, 15) is 0 Å². The van der Waals surface area contributed by atoms with Crippen LogP contribution < -0.4 is 5.73 Å². The Morgan fingerprint density at radius 3 is 1.90 bits per heavy atom. The Labute approximate surface area is 121 Å². The van der Waals surface area contributed by atoms with Crippen LogP contribution in [-0.2, 0) is 19.6 Å². The molecule has 0 unspecified atom stereocenters. The monoisotopic (exact) mass is 266 g/mol. The molecule has 1 fully saturated rings. The van der Waals surface area contributed by atoms with Crippen LogP contribution in [0, 0.1) is 0 Å². The van der Waals surface area contributed by atoms with Crippen molar-refractivity contribution in [2.75, 3.05) is 0 Å². The highest BCUT2D eigenvalue weighted by molar-refractivity contribution is 5.23. The van der Waals surface area contributed by atoms with E-state index in [2.05, 4.69) is 59.5 Å². The third-order valence-corrected chi connectivity index (χ3v) is 3.94. The summed E-state index contributed by atoms with van der Waals surface area (Å²) in [5.41, 5.74) is 9.64. The second-order valence-corrected chi connectivity index (χ2v) is 5.64. The third-order valence-electron chi connectivity index (χ3n) is 3.94.